The van der Waals surface area contributed by atoms with Crippen LogP contribution in [0.15, 0.2) is 41.9 Å². The molecule has 1 amide bonds. The van der Waals surface area contributed by atoms with Gasteiger partial charge < -0.3 is 4.90 Å². The molecular weight excluding hydrogens is 318 g/mol. The van der Waals surface area contributed by atoms with Gasteiger partial charge in [-0.25, -0.2) is 0 Å². The number of likely N-dealkylation sites (tertiary alicyclic amines) is 2. The maximum atomic E-state index is 12.6. The van der Waals surface area contributed by atoms with Crippen molar-refractivity contribution in [2.24, 2.45) is 5.41 Å². The van der Waals surface area contributed by atoms with E-state index in [4.69, 9.17) is 0 Å². The first kappa shape index (κ1) is 15.8. The summed E-state index contributed by atoms with van der Waals surface area (Å²) in [7, 11) is 0. The number of piperidine rings is 1. The molecule has 0 bridgehead atoms. The van der Waals surface area contributed by atoms with Crippen LogP contribution in [-0.4, -0.2) is 46.9 Å². The number of hydrogen-bond acceptors (Lipinski definition) is 4. The van der Waals surface area contributed by atoms with Crippen molar-refractivity contribution >= 4 is 17.2 Å². The molecule has 2 aliphatic heterocycles. The minimum absolute atomic E-state index is 0.212. The van der Waals surface area contributed by atoms with E-state index >= 15 is 0 Å². The fourth-order valence-corrected chi connectivity index (χ4v) is 4.85. The van der Waals surface area contributed by atoms with Crippen LogP contribution in [-0.2, 0) is 6.54 Å². The van der Waals surface area contributed by atoms with Gasteiger partial charge in [0.15, 0.2) is 0 Å². The second-order valence-electron chi connectivity index (χ2n) is 7.09. The monoisotopic (exact) mass is 341 g/mol. The molecule has 0 radical (unpaired) electrons. The van der Waals surface area contributed by atoms with E-state index in [0.717, 1.165) is 49.7 Å². The summed E-state index contributed by atoms with van der Waals surface area (Å²) in [5, 5.41) is 1.98. The Bertz CT molecular complexity index is 688. The molecule has 0 unspecified atom stereocenters. The summed E-state index contributed by atoms with van der Waals surface area (Å²) in [6, 6.07) is 10.0. The molecule has 0 N–H and O–H groups in total. The molecule has 2 aliphatic rings. The fourth-order valence-electron chi connectivity index (χ4n) is 4.16. The third-order valence-electron chi connectivity index (χ3n) is 5.31. The summed E-state index contributed by atoms with van der Waals surface area (Å²) in [6.07, 6.45) is 5.45. The number of aromatic nitrogens is 1. The maximum Gasteiger partial charge on any atom is 0.263 e. The van der Waals surface area contributed by atoms with Gasteiger partial charge in [0.05, 0.1) is 10.6 Å². The molecule has 24 heavy (non-hydrogen) atoms. The number of nitrogens with zero attached hydrogens (tertiary/aromatic N) is 3. The predicted molar refractivity (Wildman–Crippen MR) is 96.0 cm³/mol. The van der Waals surface area contributed by atoms with Crippen molar-refractivity contribution < 1.29 is 4.79 Å². The Morgan fingerprint density at radius 3 is 2.92 bits per heavy atom. The van der Waals surface area contributed by atoms with Gasteiger partial charge >= 0.3 is 0 Å². The molecule has 2 aromatic rings. The Balaban J connectivity index is 1.41. The van der Waals surface area contributed by atoms with Crippen LogP contribution >= 0.6 is 11.3 Å². The van der Waals surface area contributed by atoms with E-state index in [0.29, 0.717) is 0 Å². The predicted octanol–water partition coefficient (Wildman–Crippen LogP) is 3.27. The van der Waals surface area contributed by atoms with E-state index in [2.05, 4.69) is 26.9 Å². The minimum atomic E-state index is 0.212. The zero-order valence-electron chi connectivity index (χ0n) is 13.9. The highest BCUT2D eigenvalue weighted by Gasteiger charge is 2.42. The number of pyridine rings is 1. The zero-order chi connectivity index (χ0) is 16.4. The minimum Gasteiger partial charge on any atom is -0.337 e. The molecule has 126 valence electrons. The Hall–Kier alpha value is -1.72. The largest absolute Gasteiger partial charge is 0.337 e. The van der Waals surface area contributed by atoms with E-state index in [1.165, 1.54) is 12.8 Å². The third kappa shape index (κ3) is 3.23. The Kier molecular flexibility index (Phi) is 4.37. The molecule has 1 atom stereocenters. The summed E-state index contributed by atoms with van der Waals surface area (Å²) >= 11 is 1.55. The van der Waals surface area contributed by atoms with Crippen LogP contribution in [0.5, 0.6) is 0 Å². The van der Waals surface area contributed by atoms with Crippen LogP contribution in [0.1, 0.15) is 34.6 Å². The van der Waals surface area contributed by atoms with Crippen LogP contribution < -0.4 is 0 Å². The van der Waals surface area contributed by atoms with Crippen LogP contribution in [0, 0.1) is 5.41 Å². The van der Waals surface area contributed by atoms with Gasteiger partial charge in [-0.3, -0.25) is 14.7 Å². The van der Waals surface area contributed by atoms with Crippen molar-refractivity contribution in [2.45, 2.75) is 25.8 Å². The molecule has 4 rings (SSSR count). The highest BCUT2D eigenvalue weighted by atomic mass is 32.1. The quantitative estimate of drug-likeness (QED) is 0.860. The molecule has 2 saturated heterocycles. The van der Waals surface area contributed by atoms with Gasteiger partial charge in [0.25, 0.3) is 5.91 Å². The standard InChI is InChI=1S/C19H23N3OS/c23-18(17-6-3-12-24-17)22-11-8-19(15-22)7-4-10-21(14-19)13-16-5-1-2-9-20-16/h1-3,5-6,9,12H,4,7-8,10-11,13-15H2/t19-/m0/s1. The van der Waals surface area contributed by atoms with Crippen molar-refractivity contribution in [3.8, 4) is 0 Å². The Morgan fingerprint density at radius 2 is 2.12 bits per heavy atom. The second kappa shape index (κ2) is 6.65. The van der Waals surface area contributed by atoms with E-state index in [-0.39, 0.29) is 11.3 Å². The molecule has 0 aromatic carbocycles. The van der Waals surface area contributed by atoms with E-state index < -0.39 is 0 Å². The molecule has 1 spiro atoms. The van der Waals surface area contributed by atoms with Gasteiger partial charge in [-0.1, -0.05) is 12.1 Å². The highest BCUT2D eigenvalue weighted by Crippen LogP contribution is 2.39. The van der Waals surface area contributed by atoms with Crippen molar-refractivity contribution in [2.75, 3.05) is 26.2 Å². The zero-order valence-corrected chi connectivity index (χ0v) is 14.7. The smallest absolute Gasteiger partial charge is 0.263 e. The summed E-state index contributed by atoms with van der Waals surface area (Å²) in [5.41, 5.74) is 1.42. The van der Waals surface area contributed by atoms with Crippen molar-refractivity contribution in [1.82, 2.24) is 14.8 Å². The third-order valence-corrected chi connectivity index (χ3v) is 6.17. The molecule has 5 heteroatoms. The first-order valence-corrected chi connectivity index (χ1v) is 9.57. The average Bonchev–Trinajstić information content (AvgIpc) is 3.26. The van der Waals surface area contributed by atoms with Crippen LogP contribution in [0.4, 0.5) is 0 Å². The molecule has 4 heterocycles. The molecule has 2 aromatic heterocycles. The van der Waals surface area contributed by atoms with E-state index in [1.54, 1.807) is 11.3 Å². The van der Waals surface area contributed by atoms with Gasteiger partial charge in [-0.2, -0.15) is 0 Å². The van der Waals surface area contributed by atoms with Crippen LogP contribution in [0.25, 0.3) is 0 Å². The summed E-state index contributed by atoms with van der Waals surface area (Å²) in [4.78, 5) is 22.5. The number of hydrogen-bond donors (Lipinski definition) is 0. The molecular formula is C19H23N3OS. The Labute approximate surface area is 147 Å². The number of thiophene rings is 1. The Morgan fingerprint density at radius 1 is 1.17 bits per heavy atom. The van der Waals surface area contributed by atoms with Gasteiger partial charge in [0.1, 0.15) is 0 Å². The van der Waals surface area contributed by atoms with Gasteiger partial charge in [0.2, 0.25) is 0 Å². The van der Waals surface area contributed by atoms with Crippen molar-refractivity contribution in [3.63, 3.8) is 0 Å². The first-order chi connectivity index (χ1) is 11.7. The van der Waals surface area contributed by atoms with Gasteiger partial charge in [-0.05, 0) is 49.4 Å². The number of carbonyl (C=O) groups is 1. The highest BCUT2D eigenvalue weighted by molar-refractivity contribution is 7.12. The SMILES string of the molecule is O=C(c1cccs1)N1CC[C@]2(CCCN(Cc3ccccn3)C2)C1. The van der Waals surface area contributed by atoms with Gasteiger partial charge in [-0.15, -0.1) is 11.3 Å². The summed E-state index contributed by atoms with van der Waals surface area (Å²) in [6.45, 7) is 4.94. The maximum absolute atomic E-state index is 12.6. The summed E-state index contributed by atoms with van der Waals surface area (Å²) < 4.78 is 0. The number of carbonyl (C=O) groups excluding carboxylic acids is 1. The lowest BCUT2D eigenvalue weighted by Gasteiger charge is -2.40. The van der Waals surface area contributed by atoms with Crippen LogP contribution in [0.3, 0.4) is 0 Å². The van der Waals surface area contributed by atoms with E-state index in [9.17, 15) is 4.79 Å². The molecule has 0 saturated carbocycles. The first-order valence-electron chi connectivity index (χ1n) is 8.69. The lowest BCUT2D eigenvalue weighted by Crippen LogP contribution is -2.45. The normalized spacial score (nSPS) is 24.6. The molecule has 0 aliphatic carbocycles. The van der Waals surface area contributed by atoms with Crippen LogP contribution in [0.2, 0.25) is 0 Å². The lowest BCUT2D eigenvalue weighted by atomic mass is 9.79. The summed E-state index contributed by atoms with van der Waals surface area (Å²) in [5.74, 6) is 0.212. The molecule has 2 fully saturated rings. The second-order valence-corrected chi connectivity index (χ2v) is 8.04. The number of amides is 1. The van der Waals surface area contributed by atoms with Crippen molar-refractivity contribution in [1.29, 1.82) is 0 Å². The average molecular weight is 341 g/mol. The van der Waals surface area contributed by atoms with Gasteiger partial charge in [0, 0.05) is 37.8 Å². The lowest BCUT2D eigenvalue weighted by molar-refractivity contribution is 0.0676. The molecule has 4 nitrogen and oxygen atoms in total. The van der Waals surface area contributed by atoms with Crippen molar-refractivity contribution in [3.05, 3.63) is 52.5 Å². The topological polar surface area (TPSA) is 36.4 Å². The fraction of sp³-hybridized carbons (Fsp3) is 0.474. The number of rotatable bonds is 3. The van der Waals surface area contributed by atoms with E-state index in [1.807, 2.05) is 29.8 Å².